The van der Waals surface area contributed by atoms with E-state index in [-0.39, 0.29) is 24.0 Å². The first kappa shape index (κ1) is 26.2. The average Bonchev–Trinajstić information content (AvgIpc) is 2.82. The molecular formula is C24H38IN7. The van der Waals surface area contributed by atoms with Crippen LogP contribution in [-0.2, 0) is 6.54 Å². The molecule has 0 amide bonds. The van der Waals surface area contributed by atoms with Gasteiger partial charge in [0.25, 0.3) is 0 Å². The van der Waals surface area contributed by atoms with Crippen LogP contribution in [-0.4, -0.2) is 75.8 Å². The Morgan fingerprint density at radius 1 is 1.06 bits per heavy atom. The smallest absolute Gasteiger partial charge is 0.191 e. The van der Waals surface area contributed by atoms with Crippen molar-refractivity contribution in [2.75, 3.05) is 69.7 Å². The van der Waals surface area contributed by atoms with Crippen molar-refractivity contribution in [1.29, 1.82) is 0 Å². The van der Waals surface area contributed by atoms with Gasteiger partial charge in [-0.25, -0.2) is 4.98 Å². The van der Waals surface area contributed by atoms with Gasteiger partial charge in [-0.05, 0) is 44.2 Å². The van der Waals surface area contributed by atoms with E-state index in [0.29, 0.717) is 6.54 Å². The van der Waals surface area contributed by atoms with E-state index in [1.165, 1.54) is 5.69 Å². The van der Waals surface area contributed by atoms with E-state index in [1.807, 2.05) is 13.2 Å². The fourth-order valence-electron chi connectivity index (χ4n) is 3.74. The van der Waals surface area contributed by atoms with Gasteiger partial charge in [0.1, 0.15) is 5.82 Å². The highest BCUT2D eigenvalue weighted by molar-refractivity contribution is 14.0. The third kappa shape index (κ3) is 8.12. The molecule has 0 saturated carbocycles. The maximum Gasteiger partial charge on any atom is 0.191 e. The van der Waals surface area contributed by atoms with Gasteiger partial charge in [0, 0.05) is 71.3 Å². The normalized spacial score (nSPS) is 14.6. The Labute approximate surface area is 210 Å². The number of aromatic nitrogens is 1. The Morgan fingerprint density at radius 3 is 2.44 bits per heavy atom. The van der Waals surface area contributed by atoms with E-state index in [1.54, 1.807) is 0 Å². The van der Waals surface area contributed by atoms with Gasteiger partial charge in [0.2, 0.25) is 0 Å². The van der Waals surface area contributed by atoms with Gasteiger partial charge in [0.15, 0.2) is 5.96 Å². The molecule has 0 unspecified atom stereocenters. The molecule has 32 heavy (non-hydrogen) atoms. The lowest BCUT2D eigenvalue weighted by atomic mass is 10.2. The van der Waals surface area contributed by atoms with Crippen LogP contribution < -0.4 is 20.4 Å². The summed E-state index contributed by atoms with van der Waals surface area (Å²) in [6, 6.07) is 14.9. The molecule has 8 heteroatoms. The molecule has 3 rings (SSSR count). The maximum atomic E-state index is 4.67. The zero-order chi connectivity index (χ0) is 21.9. The second kappa shape index (κ2) is 14.2. The summed E-state index contributed by atoms with van der Waals surface area (Å²) in [5, 5.41) is 6.81. The third-order valence-corrected chi connectivity index (χ3v) is 5.72. The van der Waals surface area contributed by atoms with Crippen LogP contribution in [0.15, 0.2) is 53.7 Å². The second-order valence-electron chi connectivity index (χ2n) is 7.94. The first-order valence-electron chi connectivity index (χ1n) is 11.3. The highest BCUT2D eigenvalue weighted by Crippen LogP contribution is 2.14. The van der Waals surface area contributed by atoms with Gasteiger partial charge in [-0.15, -0.1) is 24.0 Å². The van der Waals surface area contributed by atoms with Crippen LogP contribution in [0.2, 0.25) is 0 Å². The van der Waals surface area contributed by atoms with Crippen LogP contribution in [0, 0.1) is 0 Å². The minimum Gasteiger partial charge on any atom is -0.372 e. The molecule has 1 fully saturated rings. The molecule has 1 aromatic heterocycles. The van der Waals surface area contributed by atoms with E-state index in [4.69, 9.17) is 0 Å². The number of guanidine groups is 1. The van der Waals surface area contributed by atoms with Crippen molar-refractivity contribution in [3.8, 4) is 0 Å². The van der Waals surface area contributed by atoms with Crippen LogP contribution in [0.1, 0.15) is 18.9 Å². The number of hydrogen-bond donors (Lipinski definition) is 2. The summed E-state index contributed by atoms with van der Waals surface area (Å²) in [5.41, 5.74) is 2.43. The molecule has 1 aliphatic rings. The molecule has 0 radical (unpaired) electrons. The number of likely N-dealkylation sites (N-methyl/N-ethyl adjacent to an activating group) is 1. The molecule has 1 aliphatic heterocycles. The standard InChI is InChI=1S/C24H37N7.HI/c1-4-30(22-9-6-5-7-10-22)14-8-13-26-24(25-2)28-20-21-11-12-23(27-19-21)31-17-15-29(3)16-18-31;/h5-7,9-12,19H,4,8,13-18,20H2,1-3H3,(H2,25,26,28);1H. The number of aliphatic imine (C=N–C) groups is 1. The molecule has 0 atom stereocenters. The van der Waals surface area contributed by atoms with E-state index in [2.05, 4.69) is 91.7 Å². The molecule has 1 saturated heterocycles. The van der Waals surface area contributed by atoms with E-state index in [9.17, 15) is 0 Å². The predicted molar refractivity (Wildman–Crippen MR) is 147 cm³/mol. The van der Waals surface area contributed by atoms with Gasteiger partial charge < -0.3 is 25.3 Å². The lowest BCUT2D eigenvalue weighted by Gasteiger charge is -2.33. The highest BCUT2D eigenvalue weighted by Gasteiger charge is 2.14. The van der Waals surface area contributed by atoms with Crippen molar-refractivity contribution in [2.45, 2.75) is 19.9 Å². The van der Waals surface area contributed by atoms with Gasteiger partial charge in [-0.1, -0.05) is 24.3 Å². The molecule has 2 aromatic rings. The molecule has 1 aromatic carbocycles. The summed E-state index contributed by atoms with van der Waals surface area (Å²) in [6.07, 6.45) is 3.01. The summed E-state index contributed by atoms with van der Waals surface area (Å²) in [5.74, 6) is 1.89. The summed E-state index contributed by atoms with van der Waals surface area (Å²) in [7, 11) is 3.98. The molecule has 0 aliphatic carbocycles. The summed E-state index contributed by atoms with van der Waals surface area (Å²) in [6.45, 7) is 10.1. The fourth-order valence-corrected chi connectivity index (χ4v) is 3.74. The van der Waals surface area contributed by atoms with Crippen molar-refractivity contribution in [1.82, 2.24) is 20.5 Å². The molecule has 7 nitrogen and oxygen atoms in total. The molecule has 2 N–H and O–H groups in total. The minimum absolute atomic E-state index is 0. The minimum atomic E-state index is 0. The largest absolute Gasteiger partial charge is 0.372 e. The van der Waals surface area contributed by atoms with Crippen molar-refractivity contribution >= 4 is 41.4 Å². The predicted octanol–water partition coefficient (Wildman–Crippen LogP) is 3.03. The fraction of sp³-hybridized carbons (Fsp3) is 0.500. The number of anilines is 2. The Balaban J connectivity index is 0.00000363. The van der Waals surface area contributed by atoms with Gasteiger partial charge in [-0.3, -0.25) is 4.99 Å². The van der Waals surface area contributed by atoms with Gasteiger partial charge in [-0.2, -0.15) is 0 Å². The van der Waals surface area contributed by atoms with E-state index in [0.717, 1.165) is 69.6 Å². The first-order valence-corrected chi connectivity index (χ1v) is 11.3. The SMILES string of the molecule is CCN(CCCNC(=NC)NCc1ccc(N2CCN(C)CC2)nc1)c1ccccc1.I. The Bertz CT molecular complexity index is 790. The number of piperazine rings is 1. The van der Waals surface area contributed by atoms with Crippen LogP contribution in [0.25, 0.3) is 0 Å². The molecular weight excluding hydrogens is 513 g/mol. The number of halogens is 1. The zero-order valence-electron chi connectivity index (χ0n) is 19.6. The summed E-state index contributed by atoms with van der Waals surface area (Å²) >= 11 is 0. The number of nitrogens with zero attached hydrogens (tertiary/aromatic N) is 5. The average molecular weight is 552 g/mol. The number of para-hydroxylation sites is 1. The Morgan fingerprint density at radius 2 is 1.81 bits per heavy atom. The van der Waals surface area contributed by atoms with Gasteiger partial charge in [0.05, 0.1) is 0 Å². The van der Waals surface area contributed by atoms with Crippen LogP contribution in [0.4, 0.5) is 11.5 Å². The topological polar surface area (TPSA) is 59.0 Å². The number of rotatable bonds is 9. The molecule has 0 bridgehead atoms. The van der Waals surface area contributed by atoms with Crippen molar-refractivity contribution < 1.29 is 0 Å². The molecule has 176 valence electrons. The van der Waals surface area contributed by atoms with Crippen molar-refractivity contribution in [3.63, 3.8) is 0 Å². The van der Waals surface area contributed by atoms with Crippen LogP contribution in [0.5, 0.6) is 0 Å². The summed E-state index contributed by atoms with van der Waals surface area (Å²) < 4.78 is 0. The van der Waals surface area contributed by atoms with Crippen molar-refractivity contribution in [2.24, 2.45) is 4.99 Å². The van der Waals surface area contributed by atoms with Gasteiger partial charge >= 0.3 is 0 Å². The lowest BCUT2D eigenvalue weighted by molar-refractivity contribution is 0.312. The van der Waals surface area contributed by atoms with Crippen LogP contribution in [0.3, 0.4) is 0 Å². The lowest BCUT2D eigenvalue weighted by Crippen LogP contribution is -2.44. The van der Waals surface area contributed by atoms with E-state index >= 15 is 0 Å². The number of hydrogen-bond acceptors (Lipinski definition) is 5. The second-order valence-corrected chi connectivity index (χ2v) is 7.94. The number of nitrogens with one attached hydrogen (secondary N) is 2. The quantitative estimate of drug-likeness (QED) is 0.216. The molecule has 2 heterocycles. The third-order valence-electron chi connectivity index (χ3n) is 5.72. The van der Waals surface area contributed by atoms with E-state index < -0.39 is 0 Å². The summed E-state index contributed by atoms with van der Waals surface area (Å²) in [4.78, 5) is 16.1. The van der Waals surface area contributed by atoms with Crippen LogP contribution >= 0.6 is 24.0 Å². The Hall–Kier alpha value is -2.07. The first-order chi connectivity index (χ1) is 15.2. The molecule has 0 spiro atoms. The maximum absolute atomic E-state index is 4.67. The van der Waals surface area contributed by atoms with Crippen molar-refractivity contribution in [3.05, 3.63) is 54.2 Å². The highest BCUT2D eigenvalue weighted by atomic mass is 127. The number of benzene rings is 1. The zero-order valence-corrected chi connectivity index (χ0v) is 22.0. The monoisotopic (exact) mass is 551 g/mol. The number of pyridine rings is 1. The Kier molecular flexibility index (Phi) is 11.6.